The molecule has 0 aliphatic heterocycles. The molecule has 21 heavy (non-hydrogen) atoms. The van der Waals surface area contributed by atoms with Crippen LogP contribution < -0.4 is 10.1 Å². The van der Waals surface area contributed by atoms with E-state index in [9.17, 15) is 4.79 Å². The van der Waals surface area contributed by atoms with E-state index in [0.717, 1.165) is 11.4 Å². The molecule has 0 aliphatic carbocycles. The quantitative estimate of drug-likeness (QED) is 0.915. The van der Waals surface area contributed by atoms with E-state index in [1.54, 1.807) is 19.0 Å². The SMILES string of the molecule is C[C@H](Nc1ccccc1Oc1ccccc1)C(=O)N(C)C. The van der Waals surface area contributed by atoms with Gasteiger partial charge in [-0.25, -0.2) is 0 Å². The third-order valence-corrected chi connectivity index (χ3v) is 3.04. The first kappa shape index (κ1) is 14.9. The van der Waals surface area contributed by atoms with Crippen LogP contribution in [0.15, 0.2) is 54.6 Å². The van der Waals surface area contributed by atoms with Gasteiger partial charge < -0.3 is 15.0 Å². The summed E-state index contributed by atoms with van der Waals surface area (Å²) in [6, 6.07) is 16.8. The van der Waals surface area contributed by atoms with Gasteiger partial charge in [0.2, 0.25) is 5.91 Å². The molecule has 0 fully saturated rings. The fraction of sp³-hybridized carbons (Fsp3) is 0.235. The number of carbonyl (C=O) groups is 1. The molecule has 2 rings (SSSR count). The summed E-state index contributed by atoms with van der Waals surface area (Å²) in [6.07, 6.45) is 0. The first-order chi connectivity index (χ1) is 10.1. The average Bonchev–Trinajstić information content (AvgIpc) is 2.49. The van der Waals surface area contributed by atoms with Crippen molar-refractivity contribution in [1.29, 1.82) is 0 Å². The van der Waals surface area contributed by atoms with Crippen molar-refractivity contribution in [2.24, 2.45) is 0 Å². The number of rotatable bonds is 5. The van der Waals surface area contributed by atoms with Crippen LogP contribution in [0, 0.1) is 0 Å². The van der Waals surface area contributed by atoms with Crippen LogP contribution in [0.5, 0.6) is 11.5 Å². The summed E-state index contributed by atoms with van der Waals surface area (Å²) in [5.74, 6) is 1.48. The molecule has 2 aromatic rings. The Bertz CT molecular complexity index is 597. The number of para-hydroxylation sites is 3. The average molecular weight is 284 g/mol. The maximum Gasteiger partial charge on any atom is 0.244 e. The summed E-state index contributed by atoms with van der Waals surface area (Å²) in [4.78, 5) is 13.5. The van der Waals surface area contributed by atoms with Crippen LogP contribution in [0.4, 0.5) is 5.69 Å². The number of benzene rings is 2. The zero-order valence-electron chi connectivity index (χ0n) is 12.5. The summed E-state index contributed by atoms with van der Waals surface area (Å²) >= 11 is 0. The summed E-state index contributed by atoms with van der Waals surface area (Å²) < 4.78 is 5.86. The van der Waals surface area contributed by atoms with Gasteiger partial charge in [-0.15, -0.1) is 0 Å². The highest BCUT2D eigenvalue weighted by atomic mass is 16.5. The highest BCUT2D eigenvalue weighted by Gasteiger charge is 2.16. The number of amides is 1. The number of hydrogen-bond donors (Lipinski definition) is 1. The van der Waals surface area contributed by atoms with E-state index >= 15 is 0 Å². The maximum absolute atomic E-state index is 11.9. The molecule has 2 aromatic carbocycles. The second kappa shape index (κ2) is 6.79. The van der Waals surface area contributed by atoms with Crippen LogP contribution in [0.2, 0.25) is 0 Å². The maximum atomic E-state index is 11.9. The van der Waals surface area contributed by atoms with Gasteiger partial charge in [-0.2, -0.15) is 0 Å². The molecule has 1 N–H and O–H groups in total. The van der Waals surface area contributed by atoms with E-state index in [1.165, 1.54) is 0 Å². The standard InChI is InChI=1S/C17H20N2O2/c1-13(17(20)19(2)3)18-15-11-7-8-12-16(15)21-14-9-5-4-6-10-14/h4-13,18H,1-3H3/t13-/m0/s1. The lowest BCUT2D eigenvalue weighted by molar-refractivity contribution is -0.129. The van der Waals surface area contributed by atoms with Gasteiger partial charge in [-0.05, 0) is 31.2 Å². The predicted molar refractivity (Wildman–Crippen MR) is 84.7 cm³/mol. The van der Waals surface area contributed by atoms with Crippen LogP contribution >= 0.6 is 0 Å². The van der Waals surface area contributed by atoms with E-state index in [0.29, 0.717) is 5.75 Å². The summed E-state index contributed by atoms with van der Waals surface area (Å²) in [5, 5.41) is 3.20. The molecule has 0 radical (unpaired) electrons. The van der Waals surface area contributed by atoms with Crippen molar-refractivity contribution in [3.8, 4) is 11.5 Å². The first-order valence-corrected chi connectivity index (χ1v) is 6.87. The van der Waals surface area contributed by atoms with Crippen molar-refractivity contribution in [2.45, 2.75) is 13.0 Å². The van der Waals surface area contributed by atoms with Gasteiger partial charge in [-0.3, -0.25) is 4.79 Å². The van der Waals surface area contributed by atoms with Gasteiger partial charge >= 0.3 is 0 Å². The third-order valence-electron chi connectivity index (χ3n) is 3.04. The van der Waals surface area contributed by atoms with E-state index in [2.05, 4.69) is 5.32 Å². The van der Waals surface area contributed by atoms with E-state index in [-0.39, 0.29) is 11.9 Å². The lowest BCUT2D eigenvalue weighted by Gasteiger charge is -2.20. The predicted octanol–water partition coefficient (Wildman–Crippen LogP) is 3.37. The largest absolute Gasteiger partial charge is 0.455 e. The van der Waals surface area contributed by atoms with Crippen molar-refractivity contribution in [2.75, 3.05) is 19.4 Å². The molecule has 4 heteroatoms. The lowest BCUT2D eigenvalue weighted by Crippen LogP contribution is -2.36. The number of nitrogens with one attached hydrogen (secondary N) is 1. The van der Waals surface area contributed by atoms with Crippen LogP contribution in [-0.2, 0) is 4.79 Å². The van der Waals surface area contributed by atoms with E-state index in [4.69, 9.17) is 4.74 Å². The lowest BCUT2D eigenvalue weighted by atomic mass is 10.2. The zero-order valence-corrected chi connectivity index (χ0v) is 12.5. The van der Waals surface area contributed by atoms with E-state index < -0.39 is 0 Å². The number of anilines is 1. The second-order valence-electron chi connectivity index (χ2n) is 5.01. The van der Waals surface area contributed by atoms with Crippen LogP contribution in [0.3, 0.4) is 0 Å². The molecule has 0 saturated heterocycles. The Kier molecular flexibility index (Phi) is 4.82. The molecule has 0 bridgehead atoms. The molecule has 0 spiro atoms. The molecule has 4 nitrogen and oxygen atoms in total. The molecule has 0 heterocycles. The van der Waals surface area contributed by atoms with Crippen molar-refractivity contribution in [3.05, 3.63) is 54.6 Å². The topological polar surface area (TPSA) is 41.6 Å². The van der Waals surface area contributed by atoms with Crippen molar-refractivity contribution in [1.82, 2.24) is 4.90 Å². The minimum absolute atomic E-state index is 0.0181. The fourth-order valence-electron chi connectivity index (χ4n) is 1.97. The van der Waals surface area contributed by atoms with E-state index in [1.807, 2.05) is 61.5 Å². The minimum Gasteiger partial charge on any atom is -0.455 e. The van der Waals surface area contributed by atoms with Crippen molar-refractivity contribution >= 4 is 11.6 Å². The molecule has 110 valence electrons. The Morgan fingerprint density at radius 3 is 2.33 bits per heavy atom. The second-order valence-corrected chi connectivity index (χ2v) is 5.01. The fourth-order valence-corrected chi connectivity index (χ4v) is 1.97. The van der Waals surface area contributed by atoms with Gasteiger partial charge in [0.1, 0.15) is 11.8 Å². The van der Waals surface area contributed by atoms with Gasteiger partial charge in [0.25, 0.3) is 0 Å². The molecule has 1 atom stereocenters. The highest BCUT2D eigenvalue weighted by molar-refractivity contribution is 5.84. The number of hydrogen-bond acceptors (Lipinski definition) is 3. The molecule has 0 aliphatic rings. The summed E-state index contributed by atoms with van der Waals surface area (Å²) in [7, 11) is 3.49. The normalized spacial score (nSPS) is 11.6. The monoisotopic (exact) mass is 284 g/mol. The van der Waals surface area contributed by atoms with Gasteiger partial charge in [0.05, 0.1) is 5.69 Å². The molecule has 0 unspecified atom stereocenters. The molecule has 0 aromatic heterocycles. The molecule has 0 saturated carbocycles. The number of nitrogens with zero attached hydrogens (tertiary/aromatic N) is 1. The van der Waals surface area contributed by atoms with Crippen LogP contribution in [0.1, 0.15) is 6.92 Å². The van der Waals surface area contributed by atoms with Gasteiger partial charge in [0, 0.05) is 14.1 Å². The smallest absolute Gasteiger partial charge is 0.244 e. The number of carbonyl (C=O) groups excluding carboxylic acids is 1. The molecular formula is C17H20N2O2. The summed E-state index contributed by atoms with van der Waals surface area (Å²) in [6.45, 7) is 1.83. The van der Waals surface area contributed by atoms with Crippen molar-refractivity contribution < 1.29 is 9.53 Å². The Labute approximate surface area is 125 Å². The van der Waals surface area contributed by atoms with Crippen LogP contribution in [0.25, 0.3) is 0 Å². The van der Waals surface area contributed by atoms with Crippen LogP contribution in [-0.4, -0.2) is 30.9 Å². The van der Waals surface area contributed by atoms with Crippen molar-refractivity contribution in [3.63, 3.8) is 0 Å². The highest BCUT2D eigenvalue weighted by Crippen LogP contribution is 2.29. The zero-order chi connectivity index (χ0) is 15.2. The summed E-state index contributed by atoms with van der Waals surface area (Å²) in [5.41, 5.74) is 0.795. The Morgan fingerprint density at radius 2 is 1.67 bits per heavy atom. The third kappa shape index (κ3) is 3.99. The first-order valence-electron chi connectivity index (χ1n) is 6.87. The molecule has 1 amide bonds. The molecular weight excluding hydrogens is 264 g/mol. The Balaban J connectivity index is 2.15. The van der Waals surface area contributed by atoms with Gasteiger partial charge in [0.15, 0.2) is 5.75 Å². The van der Waals surface area contributed by atoms with Gasteiger partial charge in [-0.1, -0.05) is 30.3 Å². The Morgan fingerprint density at radius 1 is 1.05 bits per heavy atom. The number of likely N-dealkylation sites (N-methyl/N-ethyl adjacent to an activating group) is 1. The Hall–Kier alpha value is -2.49. The number of ether oxygens (including phenoxy) is 1. The minimum atomic E-state index is -0.319.